The first-order valence-electron chi connectivity index (χ1n) is 6.20. The van der Waals surface area contributed by atoms with E-state index in [4.69, 9.17) is 5.73 Å². The molecular formula is C11H21N5OS. The van der Waals surface area contributed by atoms with Crippen molar-refractivity contribution in [3.63, 3.8) is 0 Å². The van der Waals surface area contributed by atoms with Crippen LogP contribution in [-0.4, -0.2) is 32.5 Å². The summed E-state index contributed by atoms with van der Waals surface area (Å²) < 4.78 is 1.99. The predicted octanol–water partition coefficient (Wildman–Crippen LogP) is 0.763. The Labute approximate surface area is 112 Å². The van der Waals surface area contributed by atoms with Crippen LogP contribution in [0.3, 0.4) is 0 Å². The fourth-order valence-corrected chi connectivity index (χ4v) is 2.45. The van der Waals surface area contributed by atoms with Crippen molar-refractivity contribution >= 4 is 17.7 Å². The van der Waals surface area contributed by atoms with Crippen molar-refractivity contribution < 1.29 is 4.79 Å². The normalized spacial score (nSPS) is 12.4. The highest BCUT2D eigenvalue weighted by Gasteiger charge is 2.18. The molecule has 0 radical (unpaired) electrons. The molecule has 0 saturated carbocycles. The van der Waals surface area contributed by atoms with E-state index in [1.54, 1.807) is 0 Å². The number of hydrogen-bond acceptors (Lipinski definition) is 5. The second kappa shape index (κ2) is 7.38. The molecule has 0 aliphatic rings. The van der Waals surface area contributed by atoms with E-state index in [9.17, 15) is 4.79 Å². The number of carbonyl (C=O) groups is 1. The van der Waals surface area contributed by atoms with Crippen molar-refractivity contribution in [3.05, 3.63) is 5.82 Å². The first kappa shape index (κ1) is 15.0. The van der Waals surface area contributed by atoms with Gasteiger partial charge in [-0.2, -0.15) is 0 Å². The third kappa shape index (κ3) is 3.71. The largest absolute Gasteiger partial charge is 0.355 e. The fraction of sp³-hybridized carbons (Fsp3) is 0.727. The summed E-state index contributed by atoms with van der Waals surface area (Å²) in [4.78, 5) is 11.7. The molecule has 1 aromatic rings. The molecule has 6 nitrogen and oxygen atoms in total. The van der Waals surface area contributed by atoms with Crippen LogP contribution in [0.5, 0.6) is 0 Å². The molecule has 102 valence electrons. The summed E-state index contributed by atoms with van der Waals surface area (Å²) >= 11 is 1.42. The van der Waals surface area contributed by atoms with Crippen molar-refractivity contribution in [2.24, 2.45) is 5.73 Å². The van der Waals surface area contributed by atoms with E-state index in [2.05, 4.69) is 22.4 Å². The minimum absolute atomic E-state index is 0.0165. The maximum absolute atomic E-state index is 11.7. The Morgan fingerprint density at radius 2 is 2.22 bits per heavy atom. The summed E-state index contributed by atoms with van der Waals surface area (Å²) in [5, 5.41) is 11.5. The van der Waals surface area contributed by atoms with Gasteiger partial charge in [0.05, 0.1) is 11.8 Å². The molecule has 1 aromatic heterocycles. The number of nitrogens with zero attached hydrogens (tertiary/aromatic N) is 3. The Morgan fingerprint density at radius 1 is 1.50 bits per heavy atom. The molecule has 1 atom stereocenters. The number of thioether (sulfide) groups is 1. The number of amides is 1. The van der Waals surface area contributed by atoms with Gasteiger partial charge >= 0.3 is 0 Å². The molecule has 0 bridgehead atoms. The molecule has 3 N–H and O–H groups in total. The second-order valence-electron chi connectivity index (χ2n) is 3.91. The zero-order valence-corrected chi connectivity index (χ0v) is 12.0. The Kier molecular flexibility index (Phi) is 6.14. The molecular weight excluding hydrogens is 250 g/mol. The molecule has 1 heterocycles. The van der Waals surface area contributed by atoms with Crippen LogP contribution in [0.4, 0.5) is 0 Å². The Bertz CT molecular complexity index is 393. The molecule has 0 spiro atoms. The standard InChI is InChI=1S/C11H21N5OS/c1-4-6-16-9(7-12)14-15-11(16)18-8(3)10(17)13-5-2/h8H,4-7,12H2,1-3H3,(H,13,17). The average molecular weight is 271 g/mol. The summed E-state index contributed by atoms with van der Waals surface area (Å²) in [6, 6.07) is 0. The maximum Gasteiger partial charge on any atom is 0.233 e. The minimum atomic E-state index is -0.185. The van der Waals surface area contributed by atoms with Gasteiger partial charge in [-0.1, -0.05) is 18.7 Å². The van der Waals surface area contributed by atoms with Crippen molar-refractivity contribution in [3.8, 4) is 0 Å². The first-order valence-corrected chi connectivity index (χ1v) is 7.08. The van der Waals surface area contributed by atoms with Crippen molar-refractivity contribution in [1.29, 1.82) is 0 Å². The third-order valence-corrected chi connectivity index (χ3v) is 3.51. The summed E-state index contributed by atoms with van der Waals surface area (Å²) in [6.07, 6.45) is 0.980. The maximum atomic E-state index is 11.7. The third-order valence-electron chi connectivity index (χ3n) is 2.43. The molecule has 0 saturated heterocycles. The molecule has 1 amide bonds. The van der Waals surface area contributed by atoms with Crippen LogP contribution in [0.1, 0.15) is 33.0 Å². The molecule has 0 aliphatic carbocycles. The van der Waals surface area contributed by atoms with Gasteiger partial charge in [-0.25, -0.2) is 0 Å². The summed E-state index contributed by atoms with van der Waals surface area (Å²) in [7, 11) is 0. The van der Waals surface area contributed by atoms with Gasteiger partial charge < -0.3 is 15.6 Å². The summed E-state index contributed by atoms with van der Waals surface area (Å²) in [5.41, 5.74) is 5.62. The van der Waals surface area contributed by atoms with Crippen LogP contribution in [0.2, 0.25) is 0 Å². The van der Waals surface area contributed by atoms with Crippen LogP contribution >= 0.6 is 11.8 Å². The van der Waals surface area contributed by atoms with Gasteiger partial charge in [0.25, 0.3) is 0 Å². The number of rotatable bonds is 7. The summed E-state index contributed by atoms with van der Waals surface area (Å²) in [6.45, 7) is 7.68. The lowest BCUT2D eigenvalue weighted by atomic mass is 10.4. The molecule has 1 rings (SSSR count). The quantitative estimate of drug-likeness (QED) is 0.715. The van der Waals surface area contributed by atoms with E-state index >= 15 is 0 Å². The van der Waals surface area contributed by atoms with Gasteiger partial charge in [0.15, 0.2) is 5.16 Å². The Hall–Kier alpha value is -1.08. The van der Waals surface area contributed by atoms with Crippen LogP contribution in [0.15, 0.2) is 5.16 Å². The molecule has 1 unspecified atom stereocenters. The predicted molar refractivity (Wildman–Crippen MR) is 72.2 cm³/mol. The zero-order chi connectivity index (χ0) is 13.5. The lowest BCUT2D eigenvalue weighted by molar-refractivity contribution is -0.120. The highest BCUT2D eigenvalue weighted by molar-refractivity contribution is 8.00. The van der Waals surface area contributed by atoms with Gasteiger partial charge in [-0.05, 0) is 20.3 Å². The second-order valence-corrected chi connectivity index (χ2v) is 5.22. The van der Waals surface area contributed by atoms with Crippen molar-refractivity contribution in [2.75, 3.05) is 6.54 Å². The monoisotopic (exact) mass is 271 g/mol. The minimum Gasteiger partial charge on any atom is -0.355 e. The molecule has 18 heavy (non-hydrogen) atoms. The lowest BCUT2D eigenvalue weighted by Crippen LogP contribution is -2.30. The van der Waals surface area contributed by atoms with E-state index in [1.807, 2.05) is 18.4 Å². The molecule has 0 aliphatic heterocycles. The highest BCUT2D eigenvalue weighted by atomic mass is 32.2. The highest BCUT2D eigenvalue weighted by Crippen LogP contribution is 2.22. The number of nitrogens with one attached hydrogen (secondary N) is 1. The number of hydrogen-bond donors (Lipinski definition) is 2. The van der Waals surface area contributed by atoms with Crippen LogP contribution in [0, 0.1) is 0 Å². The smallest absolute Gasteiger partial charge is 0.233 e. The Morgan fingerprint density at radius 3 is 2.78 bits per heavy atom. The van der Waals surface area contributed by atoms with Crippen LogP contribution < -0.4 is 11.1 Å². The molecule has 0 aromatic carbocycles. The van der Waals surface area contributed by atoms with E-state index in [-0.39, 0.29) is 11.2 Å². The number of nitrogens with two attached hydrogens (primary N) is 1. The van der Waals surface area contributed by atoms with Crippen LogP contribution in [0.25, 0.3) is 0 Å². The fourth-order valence-electron chi connectivity index (χ4n) is 1.53. The van der Waals surface area contributed by atoms with Gasteiger partial charge in [0.2, 0.25) is 5.91 Å². The van der Waals surface area contributed by atoms with E-state index in [1.165, 1.54) is 11.8 Å². The van der Waals surface area contributed by atoms with Gasteiger partial charge in [0.1, 0.15) is 5.82 Å². The SMILES string of the molecule is CCCn1c(CN)nnc1SC(C)C(=O)NCC. The van der Waals surface area contributed by atoms with E-state index in [0.29, 0.717) is 13.1 Å². The number of carbonyl (C=O) groups excluding carboxylic acids is 1. The van der Waals surface area contributed by atoms with Crippen LogP contribution in [-0.2, 0) is 17.9 Å². The van der Waals surface area contributed by atoms with Gasteiger partial charge in [-0.15, -0.1) is 10.2 Å². The lowest BCUT2D eigenvalue weighted by Gasteiger charge is -2.12. The van der Waals surface area contributed by atoms with E-state index in [0.717, 1.165) is 23.9 Å². The Balaban J connectivity index is 2.77. The van der Waals surface area contributed by atoms with Gasteiger partial charge in [-0.3, -0.25) is 4.79 Å². The van der Waals surface area contributed by atoms with Crippen molar-refractivity contribution in [2.45, 2.75) is 50.7 Å². The zero-order valence-electron chi connectivity index (χ0n) is 11.1. The molecule has 0 fully saturated rings. The van der Waals surface area contributed by atoms with Crippen molar-refractivity contribution in [1.82, 2.24) is 20.1 Å². The van der Waals surface area contributed by atoms with E-state index < -0.39 is 0 Å². The average Bonchev–Trinajstić information content (AvgIpc) is 2.72. The topological polar surface area (TPSA) is 85.8 Å². The molecule has 7 heteroatoms. The number of aromatic nitrogens is 3. The van der Waals surface area contributed by atoms with Gasteiger partial charge in [0, 0.05) is 13.1 Å². The summed E-state index contributed by atoms with van der Waals surface area (Å²) in [5.74, 6) is 0.783. The first-order chi connectivity index (χ1) is 8.63.